The number of carbonyl (C=O) groups excluding carboxylic acids is 1. The lowest BCUT2D eigenvalue weighted by Crippen LogP contribution is -2.48. The second-order valence-corrected chi connectivity index (χ2v) is 7.54. The third-order valence-corrected chi connectivity index (χ3v) is 4.39. The molecule has 1 aromatic rings. The molecule has 1 amide bonds. The maximum atomic E-state index is 12.6. The Bertz CT molecular complexity index is 665. The molecule has 1 heterocycles. The molecule has 0 aliphatic carbocycles. The molecule has 1 N–H and O–H groups in total. The van der Waals surface area contributed by atoms with E-state index in [1.165, 1.54) is 0 Å². The van der Waals surface area contributed by atoms with Gasteiger partial charge in [-0.1, -0.05) is 51.1 Å². The van der Waals surface area contributed by atoms with Gasteiger partial charge < -0.3 is 10.0 Å². The molecule has 4 nitrogen and oxygen atoms in total. The summed E-state index contributed by atoms with van der Waals surface area (Å²) in [6.45, 7) is 8.68. The van der Waals surface area contributed by atoms with E-state index in [1.54, 1.807) is 4.90 Å². The predicted molar refractivity (Wildman–Crippen MR) is 89.6 cm³/mol. The first kappa shape index (κ1) is 17.1. The zero-order valence-electron chi connectivity index (χ0n) is 14.3. The second-order valence-electron chi connectivity index (χ2n) is 7.54. The summed E-state index contributed by atoms with van der Waals surface area (Å²) in [5.74, 6) is -0.476. The van der Waals surface area contributed by atoms with E-state index in [-0.39, 0.29) is 22.7 Å². The molecule has 1 aromatic carbocycles. The standard InChI is InChI=1S/C19H24N2O2/c1-18(2,3)10-11-21-17(23)15(13-20)16(22)19(21,4)12-14-8-6-5-7-9-14/h5-9,22H,10-12H2,1-4H3. The van der Waals surface area contributed by atoms with Gasteiger partial charge in [-0.3, -0.25) is 4.79 Å². The highest BCUT2D eigenvalue weighted by molar-refractivity contribution is 6.01. The van der Waals surface area contributed by atoms with E-state index < -0.39 is 5.54 Å². The lowest BCUT2D eigenvalue weighted by Gasteiger charge is -2.37. The molecule has 2 rings (SSSR count). The summed E-state index contributed by atoms with van der Waals surface area (Å²) in [6, 6.07) is 11.6. The molecule has 1 unspecified atom stereocenters. The van der Waals surface area contributed by atoms with Crippen LogP contribution in [0.5, 0.6) is 0 Å². The van der Waals surface area contributed by atoms with Gasteiger partial charge in [0.25, 0.3) is 5.91 Å². The van der Waals surface area contributed by atoms with Crippen LogP contribution in [0.4, 0.5) is 0 Å². The van der Waals surface area contributed by atoms with Crippen LogP contribution in [0.1, 0.15) is 39.7 Å². The van der Waals surface area contributed by atoms with Gasteiger partial charge in [0.1, 0.15) is 17.4 Å². The Kier molecular flexibility index (Phi) is 4.51. The highest BCUT2D eigenvalue weighted by Crippen LogP contribution is 2.37. The molecule has 1 atom stereocenters. The van der Waals surface area contributed by atoms with Crippen LogP contribution < -0.4 is 0 Å². The van der Waals surface area contributed by atoms with Crippen molar-refractivity contribution in [3.8, 4) is 6.07 Å². The van der Waals surface area contributed by atoms with Crippen molar-refractivity contribution in [2.75, 3.05) is 6.54 Å². The van der Waals surface area contributed by atoms with Crippen molar-refractivity contribution >= 4 is 5.91 Å². The molecule has 0 spiro atoms. The second kappa shape index (κ2) is 6.08. The van der Waals surface area contributed by atoms with Crippen LogP contribution in [-0.4, -0.2) is 28.0 Å². The minimum absolute atomic E-state index is 0.0684. The van der Waals surface area contributed by atoms with Crippen LogP contribution in [0.15, 0.2) is 41.7 Å². The summed E-state index contributed by atoms with van der Waals surface area (Å²) in [5.41, 5.74) is 0.0971. The topological polar surface area (TPSA) is 64.3 Å². The predicted octanol–water partition coefficient (Wildman–Crippen LogP) is 3.60. The first-order valence-corrected chi connectivity index (χ1v) is 7.89. The van der Waals surface area contributed by atoms with E-state index >= 15 is 0 Å². The van der Waals surface area contributed by atoms with Gasteiger partial charge in [-0.25, -0.2) is 0 Å². The SMILES string of the molecule is CC(C)(C)CCN1C(=O)C(C#N)=C(O)C1(C)Cc1ccccc1. The first-order valence-electron chi connectivity index (χ1n) is 7.89. The number of carbonyl (C=O) groups is 1. The summed E-state index contributed by atoms with van der Waals surface area (Å²) in [7, 11) is 0. The lowest BCUT2D eigenvalue weighted by atomic mass is 9.88. The Morgan fingerprint density at radius 2 is 1.87 bits per heavy atom. The largest absolute Gasteiger partial charge is 0.508 e. The Morgan fingerprint density at radius 1 is 1.26 bits per heavy atom. The molecule has 0 aromatic heterocycles. The van der Waals surface area contributed by atoms with Crippen LogP contribution in [0, 0.1) is 16.7 Å². The summed E-state index contributed by atoms with van der Waals surface area (Å²) >= 11 is 0. The number of nitrogens with zero attached hydrogens (tertiary/aromatic N) is 2. The average molecular weight is 312 g/mol. The van der Waals surface area contributed by atoms with Crippen LogP contribution in [-0.2, 0) is 11.2 Å². The van der Waals surface area contributed by atoms with E-state index in [0.717, 1.165) is 12.0 Å². The summed E-state index contributed by atoms with van der Waals surface area (Å²) in [4.78, 5) is 14.2. The zero-order valence-corrected chi connectivity index (χ0v) is 14.3. The van der Waals surface area contributed by atoms with Crippen molar-refractivity contribution in [2.24, 2.45) is 5.41 Å². The van der Waals surface area contributed by atoms with E-state index in [9.17, 15) is 15.2 Å². The molecular weight excluding hydrogens is 288 g/mol. The van der Waals surface area contributed by atoms with Crippen molar-refractivity contribution in [2.45, 2.75) is 46.1 Å². The number of aliphatic hydroxyl groups excluding tert-OH is 1. The van der Waals surface area contributed by atoms with E-state index in [4.69, 9.17) is 0 Å². The number of benzene rings is 1. The van der Waals surface area contributed by atoms with Crippen molar-refractivity contribution in [3.05, 3.63) is 47.2 Å². The third-order valence-electron chi connectivity index (χ3n) is 4.39. The maximum absolute atomic E-state index is 12.6. The number of rotatable bonds is 4. The monoisotopic (exact) mass is 312 g/mol. The van der Waals surface area contributed by atoms with Gasteiger partial charge in [0, 0.05) is 13.0 Å². The number of hydrogen-bond donors (Lipinski definition) is 1. The van der Waals surface area contributed by atoms with Crippen molar-refractivity contribution in [3.63, 3.8) is 0 Å². The molecule has 0 bridgehead atoms. The van der Waals surface area contributed by atoms with E-state index in [0.29, 0.717) is 13.0 Å². The smallest absolute Gasteiger partial charge is 0.268 e. The molecule has 1 aliphatic heterocycles. The summed E-state index contributed by atoms with van der Waals surface area (Å²) < 4.78 is 0. The fraction of sp³-hybridized carbons (Fsp3) is 0.474. The summed E-state index contributed by atoms with van der Waals surface area (Å²) in [6.07, 6.45) is 1.29. The Morgan fingerprint density at radius 3 is 2.39 bits per heavy atom. The van der Waals surface area contributed by atoms with Crippen LogP contribution >= 0.6 is 0 Å². The van der Waals surface area contributed by atoms with E-state index in [2.05, 4.69) is 20.8 Å². The van der Waals surface area contributed by atoms with Gasteiger partial charge in [0.2, 0.25) is 0 Å². The molecule has 0 radical (unpaired) electrons. The molecule has 1 aliphatic rings. The molecule has 122 valence electrons. The van der Waals surface area contributed by atoms with Crippen molar-refractivity contribution < 1.29 is 9.90 Å². The Balaban J connectivity index is 2.35. The molecule has 23 heavy (non-hydrogen) atoms. The fourth-order valence-corrected chi connectivity index (χ4v) is 2.93. The van der Waals surface area contributed by atoms with Crippen LogP contribution in [0.25, 0.3) is 0 Å². The minimum atomic E-state index is -0.866. The highest BCUT2D eigenvalue weighted by atomic mass is 16.3. The van der Waals surface area contributed by atoms with Crippen molar-refractivity contribution in [1.29, 1.82) is 5.26 Å². The van der Waals surface area contributed by atoms with Crippen LogP contribution in [0.3, 0.4) is 0 Å². The fourth-order valence-electron chi connectivity index (χ4n) is 2.93. The van der Waals surface area contributed by atoms with Gasteiger partial charge in [-0.15, -0.1) is 0 Å². The summed E-state index contributed by atoms with van der Waals surface area (Å²) in [5, 5.41) is 19.8. The maximum Gasteiger partial charge on any atom is 0.268 e. The van der Waals surface area contributed by atoms with Gasteiger partial charge in [0.15, 0.2) is 5.57 Å². The number of amides is 1. The Hall–Kier alpha value is -2.28. The van der Waals surface area contributed by atoms with Gasteiger partial charge in [-0.05, 0) is 24.3 Å². The van der Waals surface area contributed by atoms with Gasteiger partial charge >= 0.3 is 0 Å². The van der Waals surface area contributed by atoms with Crippen molar-refractivity contribution in [1.82, 2.24) is 4.90 Å². The number of nitriles is 1. The zero-order chi connectivity index (χ0) is 17.3. The average Bonchev–Trinajstić information content (AvgIpc) is 2.64. The van der Waals surface area contributed by atoms with Crippen LogP contribution in [0.2, 0.25) is 0 Å². The van der Waals surface area contributed by atoms with E-state index in [1.807, 2.05) is 43.3 Å². The minimum Gasteiger partial charge on any atom is -0.508 e. The third kappa shape index (κ3) is 3.39. The van der Waals surface area contributed by atoms with Gasteiger partial charge in [0.05, 0.1) is 0 Å². The molecular formula is C19H24N2O2. The molecule has 4 heteroatoms. The normalized spacial score (nSPS) is 21.7. The Labute approximate surface area is 138 Å². The highest BCUT2D eigenvalue weighted by Gasteiger charge is 2.49. The lowest BCUT2D eigenvalue weighted by molar-refractivity contribution is -0.129. The molecule has 0 saturated heterocycles. The van der Waals surface area contributed by atoms with Gasteiger partial charge in [-0.2, -0.15) is 5.26 Å². The molecule has 0 saturated carbocycles. The number of hydrogen-bond acceptors (Lipinski definition) is 3. The molecule has 0 fully saturated rings. The quantitative estimate of drug-likeness (QED) is 0.924. The number of aliphatic hydroxyl groups is 1. The first-order chi connectivity index (χ1) is 10.7.